The fourth-order valence-corrected chi connectivity index (χ4v) is 2.73. The number of nitrogens with zero attached hydrogens (tertiary/aromatic N) is 1. The summed E-state index contributed by atoms with van der Waals surface area (Å²) in [7, 11) is 3.05. The Morgan fingerprint density at radius 1 is 1.11 bits per heavy atom. The second-order valence-corrected chi connectivity index (χ2v) is 5.86. The average molecular weight is 369 g/mol. The molecule has 2 N–H and O–H groups in total. The van der Waals surface area contributed by atoms with E-state index in [2.05, 4.69) is 10.6 Å². The smallest absolute Gasteiger partial charge is 0.324 e. The molecular weight excluding hydrogens is 350 g/mol. The molecule has 8 nitrogen and oxygen atoms in total. The molecular formula is C19H19N3O5. The molecule has 8 heteroatoms. The quantitative estimate of drug-likeness (QED) is 0.759. The first-order valence-corrected chi connectivity index (χ1v) is 8.22. The van der Waals surface area contributed by atoms with E-state index in [0.29, 0.717) is 28.3 Å². The molecule has 0 atom stereocenters. The first-order chi connectivity index (χ1) is 13.0. The Morgan fingerprint density at radius 3 is 2.56 bits per heavy atom. The zero-order valence-corrected chi connectivity index (χ0v) is 14.9. The molecule has 1 aliphatic heterocycles. The lowest BCUT2D eigenvalue weighted by Gasteiger charge is -2.13. The molecule has 0 radical (unpaired) electrons. The van der Waals surface area contributed by atoms with Gasteiger partial charge in [0.05, 0.1) is 27.3 Å². The molecule has 0 aromatic heterocycles. The number of hydrogen-bond donors (Lipinski definition) is 2. The van der Waals surface area contributed by atoms with Gasteiger partial charge in [-0.1, -0.05) is 12.1 Å². The predicted octanol–water partition coefficient (Wildman–Crippen LogP) is 2.01. The van der Waals surface area contributed by atoms with Crippen molar-refractivity contribution in [1.29, 1.82) is 0 Å². The zero-order chi connectivity index (χ0) is 19.4. The van der Waals surface area contributed by atoms with Gasteiger partial charge in [-0.05, 0) is 29.8 Å². The molecule has 1 aliphatic rings. The van der Waals surface area contributed by atoms with E-state index in [1.807, 2.05) is 0 Å². The number of rotatable bonds is 6. The second-order valence-electron chi connectivity index (χ2n) is 5.86. The monoisotopic (exact) mass is 369 g/mol. The Hall–Kier alpha value is -3.55. The van der Waals surface area contributed by atoms with E-state index in [0.717, 1.165) is 4.90 Å². The van der Waals surface area contributed by atoms with Crippen molar-refractivity contribution in [2.24, 2.45) is 0 Å². The summed E-state index contributed by atoms with van der Waals surface area (Å²) in [6.07, 6.45) is 0. The van der Waals surface area contributed by atoms with Gasteiger partial charge in [0.25, 0.3) is 5.91 Å². The van der Waals surface area contributed by atoms with Crippen LogP contribution in [0.1, 0.15) is 15.9 Å². The van der Waals surface area contributed by atoms with Gasteiger partial charge in [-0.15, -0.1) is 0 Å². The lowest BCUT2D eigenvalue weighted by atomic mass is 10.1. The number of methoxy groups -OCH3 is 2. The van der Waals surface area contributed by atoms with Crippen molar-refractivity contribution >= 4 is 23.5 Å². The third kappa shape index (κ3) is 4.00. The van der Waals surface area contributed by atoms with E-state index in [1.165, 1.54) is 14.2 Å². The van der Waals surface area contributed by atoms with Crippen LogP contribution < -0.4 is 20.1 Å². The maximum Gasteiger partial charge on any atom is 0.324 e. The molecule has 1 fully saturated rings. The maximum absolute atomic E-state index is 12.5. The summed E-state index contributed by atoms with van der Waals surface area (Å²) >= 11 is 0. The van der Waals surface area contributed by atoms with Crippen LogP contribution in [0.4, 0.5) is 10.5 Å². The third-order valence-corrected chi connectivity index (χ3v) is 4.11. The van der Waals surface area contributed by atoms with Crippen molar-refractivity contribution in [1.82, 2.24) is 10.2 Å². The number of amides is 4. The highest BCUT2D eigenvalue weighted by molar-refractivity contribution is 6.04. The van der Waals surface area contributed by atoms with Crippen LogP contribution in [0.3, 0.4) is 0 Å². The van der Waals surface area contributed by atoms with Crippen LogP contribution in [0.25, 0.3) is 0 Å². The van der Waals surface area contributed by atoms with Crippen LogP contribution >= 0.6 is 0 Å². The minimum atomic E-state index is -0.430. The van der Waals surface area contributed by atoms with Gasteiger partial charge in [-0.25, -0.2) is 4.79 Å². The molecule has 0 bridgehead atoms. The predicted molar refractivity (Wildman–Crippen MR) is 97.9 cm³/mol. The van der Waals surface area contributed by atoms with Crippen LogP contribution in [-0.4, -0.2) is 43.5 Å². The van der Waals surface area contributed by atoms with E-state index >= 15 is 0 Å². The van der Waals surface area contributed by atoms with E-state index in [9.17, 15) is 14.4 Å². The minimum Gasteiger partial charge on any atom is -0.493 e. The molecule has 27 heavy (non-hydrogen) atoms. The number of benzene rings is 2. The van der Waals surface area contributed by atoms with Gasteiger partial charge in [0, 0.05) is 17.3 Å². The standard InChI is InChI=1S/C19H19N3O5/c1-26-15-7-6-14(9-16(15)27-2)21-18(24)13-5-3-4-12(8-13)11-22-17(23)10-20-19(22)25/h3-9H,10-11H2,1-2H3,(H,20,25)(H,21,24). The Balaban J connectivity index is 1.74. The molecule has 140 valence electrons. The summed E-state index contributed by atoms with van der Waals surface area (Å²) < 4.78 is 10.4. The van der Waals surface area contributed by atoms with Crippen molar-refractivity contribution in [2.75, 3.05) is 26.1 Å². The Morgan fingerprint density at radius 2 is 1.89 bits per heavy atom. The molecule has 3 rings (SSSR count). The van der Waals surface area contributed by atoms with E-state index in [1.54, 1.807) is 42.5 Å². The van der Waals surface area contributed by atoms with E-state index in [4.69, 9.17) is 9.47 Å². The summed E-state index contributed by atoms with van der Waals surface area (Å²) in [5, 5.41) is 5.25. The lowest BCUT2D eigenvalue weighted by molar-refractivity contribution is -0.125. The van der Waals surface area contributed by atoms with Crippen LogP contribution in [0, 0.1) is 0 Å². The number of ether oxygens (including phenoxy) is 2. The van der Waals surface area contributed by atoms with Crippen molar-refractivity contribution in [3.05, 3.63) is 53.6 Å². The summed E-state index contributed by atoms with van der Waals surface area (Å²) in [6, 6.07) is 11.4. The highest BCUT2D eigenvalue weighted by Crippen LogP contribution is 2.30. The van der Waals surface area contributed by atoms with Crippen LogP contribution in [-0.2, 0) is 11.3 Å². The number of anilines is 1. The van der Waals surface area contributed by atoms with Crippen LogP contribution in [0.5, 0.6) is 11.5 Å². The fourth-order valence-electron chi connectivity index (χ4n) is 2.73. The fraction of sp³-hybridized carbons (Fsp3) is 0.211. The molecule has 0 aliphatic carbocycles. The molecule has 4 amide bonds. The average Bonchev–Trinajstić information content (AvgIpc) is 3.00. The number of carbonyl (C=O) groups excluding carboxylic acids is 3. The summed E-state index contributed by atoms with van der Waals surface area (Å²) in [5.41, 5.74) is 1.65. The topological polar surface area (TPSA) is 97.0 Å². The summed E-state index contributed by atoms with van der Waals surface area (Å²) in [4.78, 5) is 37.0. The molecule has 0 unspecified atom stereocenters. The summed E-state index contributed by atoms with van der Waals surface area (Å²) in [5.74, 6) is 0.454. The van der Waals surface area contributed by atoms with Gasteiger partial charge < -0.3 is 20.1 Å². The zero-order valence-electron chi connectivity index (χ0n) is 14.9. The van der Waals surface area contributed by atoms with Crippen LogP contribution in [0.15, 0.2) is 42.5 Å². The number of urea groups is 1. The normalized spacial score (nSPS) is 13.3. The number of imide groups is 1. The first kappa shape index (κ1) is 18.2. The highest BCUT2D eigenvalue weighted by Gasteiger charge is 2.28. The van der Waals surface area contributed by atoms with Crippen molar-refractivity contribution in [2.45, 2.75) is 6.54 Å². The molecule has 2 aromatic carbocycles. The van der Waals surface area contributed by atoms with Crippen molar-refractivity contribution in [3.63, 3.8) is 0 Å². The molecule has 2 aromatic rings. The molecule has 0 spiro atoms. The maximum atomic E-state index is 12.5. The Kier molecular flexibility index (Phi) is 5.25. The van der Waals surface area contributed by atoms with Crippen molar-refractivity contribution in [3.8, 4) is 11.5 Å². The third-order valence-electron chi connectivity index (χ3n) is 4.11. The minimum absolute atomic E-state index is 0.00167. The SMILES string of the molecule is COc1ccc(NC(=O)c2cccc(CN3C(=O)CNC3=O)c2)cc1OC. The Labute approximate surface area is 156 Å². The van der Waals surface area contributed by atoms with Crippen LogP contribution in [0.2, 0.25) is 0 Å². The van der Waals surface area contributed by atoms with E-state index in [-0.39, 0.29) is 24.9 Å². The van der Waals surface area contributed by atoms with Gasteiger partial charge in [-0.3, -0.25) is 14.5 Å². The van der Waals surface area contributed by atoms with Gasteiger partial charge in [0.1, 0.15) is 0 Å². The lowest BCUT2D eigenvalue weighted by Crippen LogP contribution is -2.30. The highest BCUT2D eigenvalue weighted by atomic mass is 16.5. The molecule has 1 saturated heterocycles. The largest absolute Gasteiger partial charge is 0.493 e. The molecule has 1 heterocycles. The van der Waals surface area contributed by atoms with E-state index < -0.39 is 6.03 Å². The van der Waals surface area contributed by atoms with Gasteiger partial charge in [0.15, 0.2) is 11.5 Å². The number of nitrogens with one attached hydrogen (secondary N) is 2. The van der Waals surface area contributed by atoms with Gasteiger partial charge >= 0.3 is 6.03 Å². The molecule has 0 saturated carbocycles. The van der Waals surface area contributed by atoms with Gasteiger partial charge in [0.2, 0.25) is 5.91 Å². The van der Waals surface area contributed by atoms with Crippen molar-refractivity contribution < 1.29 is 23.9 Å². The second kappa shape index (κ2) is 7.77. The Bertz CT molecular complexity index is 881. The first-order valence-electron chi connectivity index (χ1n) is 8.22. The van der Waals surface area contributed by atoms with Gasteiger partial charge in [-0.2, -0.15) is 0 Å². The number of hydrogen-bond acceptors (Lipinski definition) is 5. The summed E-state index contributed by atoms with van der Waals surface area (Å²) in [6.45, 7) is 0.112. The number of carbonyl (C=O) groups is 3.